The van der Waals surface area contributed by atoms with Gasteiger partial charge in [-0.2, -0.15) is 0 Å². The van der Waals surface area contributed by atoms with E-state index in [2.05, 4.69) is 13.2 Å². The third-order valence-electron chi connectivity index (χ3n) is 10.3. The first kappa shape index (κ1) is 32.6. The van der Waals surface area contributed by atoms with E-state index >= 15 is 0 Å². The van der Waals surface area contributed by atoms with E-state index in [1.165, 1.54) is 0 Å². The second-order valence-electron chi connectivity index (χ2n) is 13.3. The van der Waals surface area contributed by atoms with Gasteiger partial charge in [-0.25, -0.2) is 0 Å². The number of carbonyl (C=O) groups is 3. The summed E-state index contributed by atoms with van der Waals surface area (Å²) in [4.78, 5) is 49.3. The Morgan fingerprint density at radius 1 is 1.02 bits per heavy atom. The fraction of sp³-hybridized carbons (Fsp3) is 0.486. The largest absolute Gasteiger partial charge is 0.394 e. The summed E-state index contributed by atoms with van der Waals surface area (Å²) in [6.45, 7) is 16.3. The molecule has 3 unspecified atom stereocenters. The maximum absolute atomic E-state index is 14.9. The summed E-state index contributed by atoms with van der Waals surface area (Å²) in [6, 6.07) is 17.6. The molecule has 3 heterocycles. The molecule has 3 aliphatic rings. The number of aliphatic hydroxyl groups is 1. The molecule has 2 aromatic carbocycles. The van der Waals surface area contributed by atoms with E-state index < -0.39 is 35.1 Å². The standard InChI is InChI=1S/C37H47N3O5/c1-7-19-38(23-28-17-13-10-14-18-28)33(42)30-31-34(43)40(29(24-41)21-27-15-11-9-12-16-27)32(35(44)39(20-8-2)25(3)4)37(31)22-26(5)36(30,6)45-37/h7-18,25-26,29-32,41H,1-2,19-24H2,3-6H3/t26?,29-,30+,31+,32?,36-,37?/m1/s1. The summed E-state index contributed by atoms with van der Waals surface area (Å²) < 4.78 is 6.99. The predicted octanol–water partition coefficient (Wildman–Crippen LogP) is 4.24. The van der Waals surface area contributed by atoms with Crippen LogP contribution in [0.1, 0.15) is 45.2 Å². The van der Waals surface area contributed by atoms with Crippen LogP contribution in [0.4, 0.5) is 0 Å². The number of ether oxygens (including phenoxy) is 1. The van der Waals surface area contributed by atoms with Crippen LogP contribution in [-0.4, -0.2) is 86.6 Å². The maximum atomic E-state index is 14.9. The summed E-state index contributed by atoms with van der Waals surface area (Å²) in [5.41, 5.74) is -0.256. The third-order valence-corrected chi connectivity index (χ3v) is 10.3. The van der Waals surface area contributed by atoms with E-state index in [0.717, 1.165) is 11.1 Å². The lowest BCUT2D eigenvalue weighted by molar-refractivity contribution is -0.158. The van der Waals surface area contributed by atoms with Gasteiger partial charge in [0.2, 0.25) is 17.7 Å². The van der Waals surface area contributed by atoms with Gasteiger partial charge in [-0.1, -0.05) is 79.7 Å². The lowest BCUT2D eigenvalue weighted by atomic mass is 9.62. The molecule has 240 valence electrons. The highest BCUT2D eigenvalue weighted by molar-refractivity contribution is 5.99. The minimum atomic E-state index is -1.21. The molecular weight excluding hydrogens is 566 g/mol. The average Bonchev–Trinajstić information content (AvgIpc) is 3.55. The van der Waals surface area contributed by atoms with Crippen molar-refractivity contribution >= 4 is 17.7 Å². The molecule has 3 aliphatic heterocycles. The molecule has 5 rings (SSSR count). The molecule has 0 aliphatic carbocycles. The average molecular weight is 614 g/mol. The fourth-order valence-electron chi connectivity index (χ4n) is 8.10. The summed E-state index contributed by atoms with van der Waals surface area (Å²) in [5.74, 6) is -2.51. The minimum absolute atomic E-state index is 0.0957. The number of amides is 3. The zero-order valence-corrected chi connectivity index (χ0v) is 27.0. The Morgan fingerprint density at radius 3 is 2.18 bits per heavy atom. The first-order valence-corrected chi connectivity index (χ1v) is 16.1. The van der Waals surface area contributed by atoms with Gasteiger partial charge < -0.3 is 24.5 Å². The van der Waals surface area contributed by atoms with Gasteiger partial charge in [-0.3, -0.25) is 14.4 Å². The maximum Gasteiger partial charge on any atom is 0.248 e. The Bertz CT molecular complexity index is 1410. The van der Waals surface area contributed by atoms with Crippen LogP contribution in [0.3, 0.4) is 0 Å². The van der Waals surface area contributed by atoms with Crippen molar-refractivity contribution in [1.82, 2.24) is 14.7 Å². The lowest BCUT2D eigenvalue weighted by Crippen LogP contribution is -2.60. The van der Waals surface area contributed by atoms with Gasteiger partial charge in [0.25, 0.3) is 0 Å². The van der Waals surface area contributed by atoms with Gasteiger partial charge in [0, 0.05) is 25.7 Å². The molecule has 7 atom stereocenters. The van der Waals surface area contributed by atoms with Crippen molar-refractivity contribution in [3.63, 3.8) is 0 Å². The number of fused-ring (bicyclic) bond motifs is 1. The molecule has 0 radical (unpaired) electrons. The van der Waals surface area contributed by atoms with E-state index in [0.29, 0.717) is 32.5 Å². The van der Waals surface area contributed by atoms with Crippen LogP contribution in [0.15, 0.2) is 86.0 Å². The number of hydrogen-bond acceptors (Lipinski definition) is 5. The number of hydrogen-bond donors (Lipinski definition) is 1. The SMILES string of the molecule is C=CCN(Cc1ccccc1)C(=O)[C@@H]1[C@H]2C(=O)N([C@@H](CO)Cc3ccccc3)C(C(=O)N(CC=C)C(C)C)C23CC(C)[C@@]1(C)O3. The fourth-order valence-corrected chi connectivity index (χ4v) is 8.10. The highest BCUT2D eigenvalue weighted by Gasteiger charge is 2.80. The van der Waals surface area contributed by atoms with Crippen LogP contribution in [0, 0.1) is 17.8 Å². The number of carbonyl (C=O) groups excluding carboxylic acids is 3. The zero-order valence-electron chi connectivity index (χ0n) is 27.0. The highest BCUT2D eigenvalue weighted by atomic mass is 16.5. The van der Waals surface area contributed by atoms with Crippen LogP contribution in [0.2, 0.25) is 0 Å². The van der Waals surface area contributed by atoms with Crippen LogP contribution in [0.25, 0.3) is 0 Å². The van der Waals surface area contributed by atoms with Crippen LogP contribution >= 0.6 is 0 Å². The Balaban J connectivity index is 1.62. The minimum Gasteiger partial charge on any atom is -0.394 e. The first-order valence-electron chi connectivity index (χ1n) is 16.1. The van der Waals surface area contributed by atoms with Gasteiger partial charge >= 0.3 is 0 Å². The highest BCUT2D eigenvalue weighted by Crippen LogP contribution is 2.66. The molecule has 1 spiro atoms. The molecule has 3 amide bonds. The Hall–Kier alpha value is -3.75. The second kappa shape index (κ2) is 12.9. The zero-order chi connectivity index (χ0) is 32.5. The van der Waals surface area contributed by atoms with E-state index in [1.54, 1.807) is 26.9 Å². The molecule has 3 fully saturated rings. The van der Waals surface area contributed by atoms with E-state index in [1.807, 2.05) is 88.4 Å². The van der Waals surface area contributed by atoms with Crippen molar-refractivity contribution in [2.45, 2.75) is 76.4 Å². The molecule has 2 bridgehead atoms. The van der Waals surface area contributed by atoms with Crippen molar-refractivity contribution < 1.29 is 24.2 Å². The van der Waals surface area contributed by atoms with Crippen LogP contribution in [0.5, 0.6) is 0 Å². The van der Waals surface area contributed by atoms with Gasteiger partial charge in [-0.05, 0) is 50.7 Å². The summed E-state index contributed by atoms with van der Waals surface area (Å²) in [5, 5.41) is 10.8. The first-order chi connectivity index (χ1) is 21.5. The molecular formula is C37H47N3O5. The number of benzene rings is 2. The van der Waals surface area contributed by atoms with E-state index in [9.17, 15) is 19.5 Å². The molecule has 1 N–H and O–H groups in total. The Morgan fingerprint density at radius 2 is 1.62 bits per heavy atom. The van der Waals surface area contributed by atoms with Crippen LogP contribution in [-0.2, 0) is 32.1 Å². The van der Waals surface area contributed by atoms with E-state index in [4.69, 9.17) is 4.74 Å². The normalized spacial score (nSPS) is 29.0. The van der Waals surface area contributed by atoms with Gasteiger partial charge in [0.1, 0.15) is 11.6 Å². The third kappa shape index (κ3) is 5.52. The molecule has 0 aromatic heterocycles. The summed E-state index contributed by atoms with van der Waals surface area (Å²) in [7, 11) is 0. The van der Waals surface area contributed by atoms with Crippen molar-refractivity contribution in [2.24, 2.45) is 17.8 Å². The van der Waals surface area contributed by atoms with E-state index in [-0.39, 0.29) is 36.3 Å². The summed E-state index contributed by atoms with van der Waals surface area (Å²) >= 11 is 0. The van der Waals surface area contributed by atoms with Crippen LogP contribution < -0.4 is 0 Å². The molecule has 0 saturated carbocycles. The predicted molar refractivity (Wildman–Crippen MR) is 174 cm³/mol. The summed E-state index contributed by atoms with van der Waals surface area (Å²) in [6.07, 6.45) is 4.20. The van der Waals surface area contributed by atoms with Crippen molar-refractivity contribution in [3.05, 3.63) is 97.1 Å². The molecule has 8 nitrogen and oxygen atoms in total. The van der Waals surface area contributed by atoms with Crippen molar-refractivity contribution in [3.8, 4) is 0 Å². The topological polar surface area (TPSA) is 90.4 Å². The number of nitrogens with zero attached hydrogens (tertiary/aromatic N) is 3. The Kier molecular flexibility index (Phi) is 9.38. The lowest BCUT2D eigenvalue weighted by Gasteiger charge is -2.40. The smallest absolute Gasteiger partial charge is 0.248 e. The van der Waals surface area contributed by atoms with Crippen molar-refractivity contribution in [1.29, 1.82) is 0 Å². The quantitative estimate of drug-likeness (QED) is 0.342. The second-order valence-corrected chi connectivity index (χ2v) is 13.3. The molecule has 2 aromatic rings. The van der Waals surface area contributed by atoms with Gasteiger partial charge in [0.15, 0.2) is 0 Å². The Labute approximate surface area is 267 Å². The molecule has 8 heteroatoms. The van der Waals surface area contributed by atoms with Crippen molar-refractivity contribution in [2.75, 3.05) is 19.7 Å². The monoisotopic (exact) mass is 613 g/mol. The van der Waals surface area contributed by atoms with Gasteiger partial charge in [-0.15, -0.1) is 13.2 Å². The number of likely N-dealkylation sites (tertiary alicyclic amines) is 1. The molecule has 3 saturated heterocycles. The number of rotatable bonds is 13. The molecule has 45 heavy (non-hydrogen) atoms. The number of aliphatic hydroxyl groups excluding tert-OH is 1. The van der Waals surface area contributed by atoms with Gasteiger partial charge in [0.05, 0.1) is 30.1 Å².